The van der Waals surface area contributed by atoms with Gasteiger partial charge in [0, 0.05) is 42.5 Å². The molecule has 2 heterocycles. The third-order valence-corrected chi connectivity index (χ3v) is 6.41. The number of benzene rings is 3. The number of nitrogens with one attached hydrogen (secondary N) is 1. The first kappa shape index (κ1) is 24.4. The maximum absolute atomic E-state index is 13.7. The lowest BCUT2D eigenvalue weighted by molar-refractivity contribution is -0.116. The molecule has 1 aliphatic heterocycles. The van der Waals surface area contributed by atoms with Crippen LogP contribution < -0.4 is 15.6 Å². The molecule has 1 aliphatic rings. The van der Waals surface area contributed by atoms with Crippen molar-refractivity contribution < 1.29 is 13.9 Å². The number of hydrogen-bond acceptors (Lipinski definition) is 5. The van der Waals surface area contributed by atoms with Crippen molar-refractivity contribution in [1.29, 1.82) is 0 Å². The summed E-state index contributed by atoms with van der Waals surface area (Å²) in [5, 5.41) is 2.82. The van der Waals surface area contributed by atoms with Gasteiger partial charge in [-0.05, 0) is 48.4 Å². The standard InChI is InChI=1S/C29H27FN4O3/c1-37-24-9-5-8-23(16-24)31-27(35)19-34-28(21-10-12-22(30)13-11-21)32-26-18-33(15-14-25(26)29(34)36)17-20-6-3-2-4-7-20/h2-13,16H,14-15,17-19H2,1H3,(H,31,35). The molecule has 0 saturated carbocycles. The van der Waals surface area contributed by atoms with Crippen LogP contribution in [0.25, 0.3) is 11.4 Å². The van der Waals surface area contributed by atoms with Crippen molar-refractivity contribution in [3.63, 3.8) is 0 Å². The smallest absolute Gasteiger partial charge is 0.257 e. The second-order valence-electron chi connectivity index (χ2n) is 8.99. The number of nitrogens with zero attached hydrogens (tertiary/aromatic N) is 3. The van der Waals surface area contributed by atoms with Crippen molar-refractivity contribution in [1.82, 2.24) is 14.5 Å². The summed E-state index contributed by atoms with van der Waals surface area (Å²) in [7, 11) is 1.55. The van der Waals surface area contributed by atoms with Crippen LogP contribution in [0.3, 0.4) is 0 Å². The van der Waals surface area contributed by atoms with E-state index in [2.05, 4.69) is 22.3 Å². The van der Waals surface area contributed by atoms with E-state index in [1.807, 2.05) is 18.2 Å². The Bertz CT molecular complexity index is 1470. The van der Waals surface area contributed by atoms with Crippen LogP contribution in [0.15, 0.2) is 83.7 Å². The zero-order valence-electron chi connectivity index (χ0n) is 20.5. The van der Waals surface area contributed by atoms with Crippen molar-refractivity contribution in [3.05, 3.63) is 112 Å². The van der Waals surface area contributed by atoms with Crippen molar-refractivity contribution in [2.75, 3.05) is 19.0 Å². The molecular weight excluding hydrogens is 471 g/mol. The molecule has 0 saturated heterocycles. The Kier molecular flexibility index (Phi) is 7.09. The highest BCUT2D eigenvalue weighted by Gasteiger charge is 2.25. The molecule has 0 atom stereocenters. The van der Waals surface area contributed by atoms with Crippen molar-refractivity contribution >= 4 is 11.6 Å². The SMILES string of the molecule is COc1cccc(NC(=O)Cn2c(-c3ccc(F)cc3)nc3c(c2=O)CCN(Cc2ccccc2)C3)c1. The number of hydrogen-bond donors (Lipinski definition) is 1. The number of carbonyl (C=O) groups excluding carboxylic acids is 1. The zero-order valence-corrected chi connectivity index (χ0v) is 20.5. The van der Waals surface area contributed by atoms with E-state index in [0.29, 0.717) is 53.6 Å². The maximum Gasteiger partial charge on any atom is 0.257 e. The summed E-state index contributed by atoms with van der Waals surface area (Å²) >= 11 is 0. The normalized spacial score (nSPS) is 13.1. The van der Waals surface area contributed by atoms with Crippen molar-refractivity contribution in [2.24, 2.45) is 0 Å². The van der Waals surface area contributed by atoms with E-state index in [1.165, 1.54) is 22.3 Å². The van der Waals surface area contributed by atoms with Gasteiger partial charge < -0.3 is 10.1 Å². The van der Waals surface area contributed by atoms with E-state index >= 15 is 0 Å². The molecule has 0 fully saturated rings. The number of rotatable bonds is 7. The number of carbonyl (C=O) groups is 1. The van der Waals surface area contributed by atoms with Crippen LogP contribution in [0.5, 0.6) is 5.75 Å². The number of anilines is 1. The number of methoxy groups -OCH3 is 1. The third-order valence-electron chi connectivity index (χ3n) is 6.41. The summed E-state index contributed by atoms with van der Waals surface area (Å²) in [6, 6.07) is 22.9. The second-order valence-corrected chi connectivity index (χ2v) is 8.99. The summed E-state index contributed by atoms with van der Waals surface area (Å²) < 4.78 is 20.3. The van der Waals surface area contributed by atoms with Crippen LogP contribution in [0.2, 0.25) is 0 Å². The van der Waals surface area contributed by atoms with Gasteiger partial charge in [-0.1, -0.05) is 36.4 Å². The van der Waals surface area contributed by atoms with E-state index in [9.17, 15) is 14.0 Å². The predicted octanol–water partition coefficient (Wildman–Crippen LogP) is 4.26. The average molecular weight is 499 g/mol. The summed E-state index contributed by atoms with van der Waals surface area (Å²) in [6.07, 6.45) is 0.537. The number of aromatic nitrogens is 2. The fourth-order valence-electron chi connectivity index (χ4n) is 4.57. The van der Waals surface area contributed by atoms with Crippen molar-refractivity contribution in [2.45, 2.75) is 26.1 Å². The largest absolute Gasteiger partial charge is 0.497 e. The molecule has 188 valence electrons. The number of amides is 1. The highest BCUT2D eigenvalue weighted by atomic mass is 19.1. The molecule has 1 aromatic heterocycles. The molecule has 1 N–H and O–H groups in total. The fraction of sp³-hybridized carbons (Fsp3) is 0.207. The number of halogens is 1. The van der Waals surface area contributed by atoms with Gasteiger partial charge in [0.05, 0.1) is 12.8 Å². The molecular formula is C29H27FN4O3. The van der Waals surface area contributed by atoms with Crippen molar-refractivity contribution in [3.8, 4) is 17.1 Å². The molecule has 7 nitrogen and oxygen atoms in total. The molecule has 1 amide bonds. The van der Waals surface area contributed by atoms with Crippen LogP contribution in [0, 0.1) is 5.82 Å². The molecule has 0 aliphatic carbocycles. The topological polar surface area (TPSA) is 76.5 Å². The quantitative estimate of drug-likeness (QED) is 0.412. The van der Waals surface area contributed by atoms with Crippen LogP contribution in [-0.2, 0) is 30.8 Å². The van der Waals surface area contributed by atoms with E-state index in [1.54, 1.807) is 43.5 Å². The summed E-state index contributed by atoms with van der Waals surface area (Å²) in [6.45, 7) is 1.76. The van der Waals surface area contributed by atoms with Gasteiger partial charge >= 0.3 is 0 Å². The summed E-state index contributed by atoms with van der Waals surface area (Å²) in [5.41, 5.74) is 3.37. The molecule has 0 radical (unpaired) electrons. The average Bonchev–Trinajstić information content (AvgIpc) is 2.91. The first-order valence-electron chi connectivity index (χ1n) is 12.1. The monoisotopic (exact) mass is 498 g/mol. The minimum absolute atomic E-state index is 0.225. The van der Waals surface area contributed by atoms with Gasteiger partial charge in [-0.2, -0.15) is 0 Å². The zero-order chi connectivity index (χ0) is 25.8. The van der Waals surface area contributed by atoms with Crippen LogP contribution >= 0.6 is 0 Å². The Hall–Kier alpha value is -4.30. The molecule has 0 bridgehead atoms. The van der Waals surface area contributed by atoms with E-state index in [4.69, 9.17) is 9.72 Å². The molecule has 8 heteroatoms. The summed E-state index contributed by atoms with van der Waals surface area (Å²) in [4.78, 5) is 33.7. The van der Waals surface area contributed by atoms with Gasteiger partial charge in [0.25, 0.3) is 5.56 Å². The van der Waals surface area contributed by atoms with E-state index in [-0.39, 0.29) is 23.8 Å². The minimum Gasteiger partial charge on any atom is -0.497 e. The highest BCUT2D eigenvalue weighted by molar-refractivity contribution is 5.91. The Balaban J connectivity index is 1.47. The Morgan fingerprint density at radius 1 is 1.05 bits per heavy atom. The second kappa shape index (κ2) is 10.8. The van der Waals surface area contributed by atoms with Crippen LogP contribution in [0.4, 0.5) is 10.1 Å². The lowest BCUT2D eigenvalue weighted by Gasteiger charge is -2.29. The van der Waals surface area contributed by atoms with E-state index in [0.717, 1.165) is 6.54 Å². The Morgan fingerprint density at radius 2 is 1.84 bits per heavy atom. The molecule has 4 aromatic rings. The highest BCUT2D eigenvalue weighted by Crippen LogP contribution is 2.23. The lowest BCUT2D eigenvalue weighted by Crippen LogP contribution is -2.39. The molecule has 5 rings (SSSR count). The molecule has 0 unspecified atom stereocenters. The summed E-state index contributed by atoms with van der Waals surface area (Å²) in [5.74, 6) is 0.186. The maximum atomic E-state index is 13.7. The third kappa shape index (κ3) is 5.59. The Labute approximate surface area is 214 Å². The van der Waals surface area contributed by atoms with Crippen LogP contribution in [0.1, 0.15) is 16.8 Å². The minimum atomic E-state index is -0.389. The first-order valence-corrected chi connectivity index (χ1v) is 12.1. The molecule has 3 aromatic carbocycles. The van der Waals surface area contributed by atoms with Gasteiger partial charge in [-0.3, -0.25) is 19.1 Å². The molecule has 0 spiro atoms. The number of fused-ring (bicyclic) bond motifs is 1. The fourth-order valence-corrected chi connectivity index (χ4v) is 4.57. The van der Waals surface area contributed by atoms with Gasteiger partial charge in [0.15, 0.2) is 0 Å². The Morgan fingerprint density at radius 3 is 2.59 bits per heavy atom. The van der Waals surface area contributed by atoms with Crippen LogP contribution in [-0.4, -0.2) is 34.0 Å². The number of ether oxygens (including phenoxy) is 1. The molecule has 37 heavy (non-hydrogen) atoms. The predicted molar refractivity (Wildman–Crippen MR) is 140 cm³/mol. The van der Waals surface area contributed by atoms with E-state index < -0.39 is 0 Å². The van der Waals surface area contributed by atoms with Gasteiger partial charge in [-0.15, -0.1) is 0 Å². The van der Waals surface area contributed by atoms with Gasteiger partial charge in [0.2, 0.25) is 5.91 Å². The van der Waals surface area contributed by atoms with Gasteiger partial charge in [0.1, 0.15) is 23.9 Å². The first-order chi connectivity index (χ1) is 18.0. The van der Waals surface area contributed by atoms with Gasteiger partial charge in [-0.25, -0.2) is 9.37 Å². The lowest BCUT2D eigenvalue weighted by atomic mass is 10.0.